The molecule has 1 fully saturated rings. The Morgan fingerprint density at radius 3 is 2.62 bits per heavy atom. The number of nitrogens with one attached hydrogen (secondary N) is 2. The predicted octanol–water partition coefficient (Wildman–Crippen LogP) is 0.957. The maximum Gasteiger partial charge on any atom is 0.254 e. The van der Waals surface area contributed by atoms with Crippen LogP contribution in [0.2, 0.25) is 0 Å². The van der Waals surface area contributed by atoms with Crippen LogP contribution in [-0.4, -0.2) is 61.9 Å². The lowest BCUT2D eigenvalue weighted by molar-refractivity contribution is 0.0730. The van der Waals surface area contributed by atoms with E-state index in [4.69, 9.17) is 4.74 Å². The summed E-state index contributed by atoms with van der Waals surface area (Å²) in [5, 5.41) is 5.78. The van der Waals surface area contributed by atoms with Crippen LogP contribution in [0.1, 0.15) is 33.9 Å². The Hall–Kier alpha value is -2.56. The average molecular weight is 417 g/mol. The summed E-state index contributed by atoms with van der Waals surface area (Å²) in [7, 11) is -1.88. The van der Waals surface area contributed by atoms with Gasteiger partial charge in [0, 0.05) is 32.5 Å². The summed E-state index contributed by atoms with van der Waals surface area (Å²) in [5.41, 5.74) is 2.26. The van der Waals surface area contributed by atoms with Gasteiger partial charge in [-0.05, 0) is 36.1 Å². The van der Waals surface area contributed by atoms with Gasteiger partial charge in [0.05, 0.1) is 29.7 Å². The Labute approximate surface area is 169 Å². The quantitative estimate of drug-likeness (QED) is 0.745. The van der Waals surface area contributed by atoms with Crippen molar-refractivity contribution in [2.75, 3.05) is 38.7 Å². The van der Waals surface area contributed by atoms with E-state index in [-0.39, 0.29) is 16.8 Å². The molecule has 1 aromatic carbocycles. The summed E-state index contributed by atoms with van der Waals surface area (Å²) in [5.74, 6) is 0.151. The average Bonchev–Trinajstić information content (AvgIpc) is 3.16. The van der Waals surface area contributed by atoms with Crippen molar-refractivity contribution in [1.29, 1.82) is 0 Å². The maximum absolute atomic E-state index is 13.0. The lowest BCUT2D eigenvalue weighted by Gasteiger charge is -2.26. The fraction of sp³-hybridized carbons (Fsp3) is 0.421. The number of benzene rings is 1. The molecule has 2 N–H and O–H groups in total. The molecule has 1 aromatic heterocycles. The smallest absolute Gasteiger partial charge is 0.254 e. The molecule has 2 aliphatic rings. The number of morpholine rings is 1. The third-order valence-electron chi connectivity index (χ3n) is 5.25. The highest BCUT2D eigenvalue weighted by Gasteiger charge is 2.30. The van der Waals surface area contributed by atoms with Crippen molar-refractivity contribution in [3.05, 3.63) is 47.3 Å². The van der Waals surface area contributed by atoms with Gasteiger partial charge < -0.3 is 15.4 Å². The zero-order valence-electron chi connectivity index (χ0n) is 16.1. The number of anilines is 1. The molecule has 1 saturated heterocycles. The Bertz CT molecular complexity index is 1000. The molecule has 1 aliphatic heterocycles. The molecule has 154 valence electrons. The number of aromatic nitrogens is 2. The third kappa shape index (κ3) is 3.96. The number of carbonyl (C=O) groups excluding carboxylic acids is 1. The number of hydrogen-bond acceptors (Lipinski definition) is 7. The topological polar surface area (TPSA) is 114 Å². The van der Waals surface area contributed by atoms with Crippen LogP contribution in [0.15, 0.2) is 35.5 Å². The second kappa shape index (κ2) is 8.05. The largest absolute Gasteiger partial charge is 0.379 e. The number of carbonyl (C=O) groups is 1. The van der Waals surface area contributed by atoms with E-state index in [0.717, 1.165) is 24.0 Å². The fourth-order valence-electron chi connectivity index (χ4n) is 3.64. The van der Waals surface area contributed by atoms with Crippen LogP contribution in [0.5, 0.6) is 0 Å². The van der Waals surface area contributed by atoms with Gasteiger partial charge in [0.25, 0.3) is 5.91 Å². The maximum atomic E-state index is 13.0. The van der Waals surface area contributed by atoms with Crippen molar-refractivity contribution in [3.63, 3.8) is 0 Å². The van der Waals surface area contributed by atoms with Gasteiger partial charge in [-0.3, -0.25) is 4.79 Å². The van der Waals surface area contributed by atoms with E-state index in [1.165, 1.54) is 16.7 Å². The van der Waals surface area contributed by atoms with E-state index in [1.54, 1.807) is 19.2 Å². The molecule has 9 nitrogen and oxygen atoms in total. The van der Waals surface area contributed by atoms with E-state index in [9.17, 15) is 13.2 Å². The first-order valence-electron chi connectivity index (χ1n) is 9.50. The molecule has 0 saturated carbocycles. The fourth-order valence-corrected chi connectivity index (χ4v) is 5.09. The van der Waals surface area contributed by atoms with Crippen LogP contribution in [0.25, 0.3) is 0 Å². The molecule has 4 rings (SSSR count). The minimum absolute atomic E-state index is 0.249. The second-order valence-corrected chi connectivity index (χ2v) is 8.93. The van der Waals surface area contributed by atoms with Gasteiger partial charge in [0.2, 0.25) is 16.0 Å². The number of sulfonamides is 1. The highest BCUT2D eigenvalue weighted by molar-refractivity contribution is 7.89. The Morgan fingerprint density at radius 2 is 1.93 bits per heavy atom. The van der Waals surface area contributed by atoms with E-state index in [2.05, 4.69) is 20.6 Å². The number of fused-ring (bicyclic) bond motifs is 1. The van der Waals surface area contributed by atoms with E-state index in [1.807, 2.05) is 6.07 Å². The van der Waals surface area contributed by atoms with Crippen LogP contribution >= 0.6 is 0 Å². The molecule has 29 heavy (non-hydrogen) atoms. The van der Waals surface area contributed by atoms with Crippen molar-refractivity contribution in [2.45, 2.75) is 23.8 Å². The number of aryl methyl sites for hydroxylation is 1. The summed E-state index contributed by atoms with van der Waals surface area (Å²) in [6, 6.07) is 4.94. The lowest BCUT2D eigenvalue weighted by atomic mass is 10.1. The molecule has 0 radical (unpaired) electrons. The van der Waals surface area contributed by atoms with Gasteiger partial charge in [0.15, 0.2) is 0 Å². The van der Waals surface area contributed by atoms with Crippen LogP contribution in [0, 0.1) is 0 Å². The number of hydrogen-bond donors (Lipinski definition) is 2. The van der Waals surface area contributed by atoms with Gasteiger partial charge >= 0.3 is 0 Å². The van der Waals surface area contributed by atoms with Crippen molar-refractivity contribution in [3.8, 4) is 0 Å². The summed E-state index contributed by atoms with van der Waals surface area (Å²) < 4.78 is 32.6. The molecule has 10 heteroatoms. The highest BCUT2D eigenvalue weighted by Crippen LogP contribution is 2.33. The first-order chi connectivity index (χ1) is 14.0. The zero-order valence-corrected chi connectivity index (χ0v) is 16.9. The Morgan fingerprint density at radius 1 is 1.21 bits per heavy atom. The molecular formula is C19H23N5O4S. The Kier molecular flexibility index (Phi) is 5.48. The van der Waals surface area contributed by atoms with Gasteiger partial charge in [-0.2, -0.15) is 4.31 Å². The summed E-state index contributed by atoms with van der Waals surface area (Å²) in [6.45, 7) is 1.50. The van der Waals surface area contributed by atoms with E-state index >= 15 is 0 Å². The number of amides is 1. The molecule has 1 atom stereocenters. The van der Waals surface area contributed by atoms with Crippen LogP contribution in [0.4, 0.5) is 5.95 Å². The molecule has 1 amide bonds. The first-order valence-corrected chi connectivity index (χ1v) is 10.9. The molecule has 1 aliphatic carbocycles. The van der Waals surface area contributed by atoms with Gasteiger partial charge in [-0.1, -0.05) is 6.07 Å². The highest BCUT2D eigenvalue weighted by atomic mass is 32.2. The predicted molar refractivity (Wildman–Crippen MR) is 106 cm³/mol. The standard InChI is InChI=1S/C19H23N5O4S/c1-20-19-21-11-14(12-22-19)18(25)23-17-5-3-13-2-4-15(10-16(13)17)29(26,27)24-6-8-28-9-7-24/h2,4,10-12,17H,3,5-9H2,1H3,(H,23,25)(H,20,21,22)/t17-/m0/s1. The zero-order chi connectivity index (χ0) is 20.4. The molecule has 0 unspecified atom stereocenters. The second-order valence-electron chi connectivity index (χ2n) is 6.99. The lowest BCUT2D eigenvalue weighted by Crippen LogP contribution is -2.40. The van der Waals surface area contributed by atoms with Crippen molar-refractivity contribution in [1.82, 2.24) is 19.6 Å². The number of ether oxygens (including phenoxy) is 1. The molecular weight excluding hydrogens is 394 g/mol. The molecule has 0 spiro atoms. The minimum atomic E-state index is -3.58. The minimum Gasteiger partial charge on any atom is -0.379 e. The number of nitrogens with zero attached hydrogens (tertiary/aromatic N) is 3. The van der Waals surface area contributed by atoms with Crippen LogP contribution in [-0.2, 0) is 21.2 Å². The van der Waals surface area contributed by atoms with Gasteiger partial charge in [-0.15, -0.1) is 0 Å². The molecule has 0 bridgehead atoms. The van der Waals surface area contributed by atoms with Gasteiger partial charge in [0.1, 0.15) is 0 Å². The van der Waals surface area contributed by atoms with Gasteiger partial charge in [-0.25, -0.2) is 18.4 Å². The summed E-state index contributed by atoms with van der Waals surface area (Å²) in [4.78, 5) is 21.0. The monoisotopic (exact) mass is 417 g/mol. The molecule has 2 aromatic rings. The summed E-state index contributed by atoms with van der Waals surface area (Å²) >= 11 is 0. The first kappa shape index (κ1) is 19.7. The molecule has 2 heterocycles. The van der Waals surface area contributed by atoms with Crippen molar-refractivity contribution in [2.24, 2.45) is 0 Å². The van der Waals surface area contributed by atoms with Crippen molar-refractivity contribution < 1.29 is 17.9 Å². The van der Waals surface area contributed by atoms with Crippen molar-refractivity contribution >= 4 is 21.9 Å². The van der Waals surface area contributed by atoms with E-state index < -0.39 is 10.0 Å². The summed E-state index contributed by atoms with van der Waals surface area (Å²) in [6.07, 6.45) is 4.43. The van der Waals surface area contributed by atoms with Crippen LogP contribution in [0.3, 0.4) is 0 Å². The van der Waals surface area contributed by atoms with E-state index in [0.29, 0.717) is 37.8 Å². The number of rotatable bonds is 5. The third-order valence-corrected chi connectivity index (χ3v) is 7.14. The normalized spacial score (nSPS) is 19.6. The van der Waals surface area contributed by atoms with Crippen LogP contribution < -0.4 is 10.6 Å². The SMILES string of the molecule is CNc1ncc(C(=O)N[C@H]2CCc3ccc(S(=O)(=O)N4CCOCC4)cc32)cn1. The Balaban J connectivity index is 1.54.